The van der Waals surface area contributed by atoms with Gasteiger partial charge in [0.1, 0.15) is 0 Å². The highest BCUT2D eigenvalue weighted by Crippen LogP contribution is 2.68. The fourth-order valence-electron chi connectivity index (χ4n) is 9.64. The Kier molecular flexibility index (Phi) is 5.05. The van der Waals surface area contributed by atoms with Gasteiger partial charge in [0, 0.05) is 0 Å². The number of hydrogen-bond donors (Lipinski definition) is 1. The normalized spacial score (nSPS) is 52.4. The van der Waals surface area contributed by atoms with E-state index in [2.05, 4.69) is 40.7 Å². The Balaban J connectivity index is 1.34. The lowest BCUT2D eigenvalue weighted by Crippen LogP contribution is -2.50. The van der Waals surface area contributed by atoms with Gasteiger partial charge in [-0.25, -0.2) is 0 Å². The summed E-state index contributed by atoms with van der Waals surface area (Å²) in [5.41, 5.74) is 2.62. The number of aliphatic hydroxyl groups is 1. The molecule has 0 saturated heterocycles. The molecule has 5 aliphatic rings. The highest BCUT2D eigenvalue weighted by Gasteiger charge is 2.60. The second kappa shape index (κ2) is 7.11. The fourth-order valence-corrected chi connectivity index (χ4v) is 9.64. The van der Waals surface area contributed by atoms with Crippen LogP contribution < -0.4 is 0 Å². The number of rotatable bonds is 4. The SMILES string of the molecule is CC(C)CC1C[C@H]1[C@@H](C)[C@H]1CC[C@H]2[C@@H]3CC=C4C[C@@H](O)CC[C@]4(C)[C@H]3CC[C@]12C. The lowest BCUT2D eigenvalue weighted by atomic mass is 9.47. The van der Waals surface area contributed by atoms with Gasteiger partial charge in [0.2, 0.25) is 0 Å². The van der Waals surface area contributed by atoms with Gasteiger partial charge >= 0.3 is 0 Å². The monoisotopic (exact) mass is 398 g/mol. The molecule has 5 aliphatic carbocycles. The quantitative estimate of drug-likeness (QED) is 0.495. The molecule has 0 aromatic carbocycles. The van der Waals surface area contributed by atoms with Crippen LogP contribution in [0.25, 0.3) is 0 Å². The minimum Gasteiger partial charge on any atom is -0.393 e. The van der Waals surface area contributed by atoms with Crippen LogP contribution in [0.5, 0.6) is 0 Å². The van der Waals surface area contributed by atoms with E-state index >= 15 is 0 Å². The van der Waals surface area contributed by atoms with E-state index in [1.807, 2.05) is 0 Å². The van der Waals surface area contributed by atoms with Crippen molar-refractivity contribution in [3.63, 3.8) is 0 Å². The molecule has 5 rings (SSSR count). The van der Waals surface area contributed by atoms with Gasteiger partial charge in [-0.2, -0.15) is 0 Å². The van der Waals surface area contributed by atoms with Crippen molar-refractivity contribution in [2.75, 3.05) is 0 Å². The zero-order valence-corrected chi connectivity index (χ0v) is 19.8. The average Bonchev–Trinajstić information content (AvgIpc) is 3.32. The van der Waals surface area contributed by atoms with Crippen LogP contribution in [0.4, 0.5) is 0 Å². The maximum absolute atomic E-state index is 10.2. The van der Waals surface area contributed by atoms with Crippen molar-refractivity contribution in [1.29, 1.82) is 0 Å². The number of fused-ring (bicyclic) bond motifs is 5. The van der Waals surface area contributed by atoms with Crippen LogP contribution in [0.2, 0.25) is 0 Å². The van der Waals surface area contributed by atoms with Crippen LogP contribution in [0, 0.1) is 58.2 Å². The molecular weight excluding hydrogens is 352 g/mol. The lowest BCUT2D eigenvalue weighted by Gasteiger charge is -2.58. The van der Waals surface area contributed by atoms with E-state index in [1.165, 1.54) is 51.4 Å². The Labute approximate surface area is 180 Å². The molecule has 4 saturated carbocycles. The molecule has 0 spiro atoms. The predicted octanol–water partition coefficient (Wildman–Crippen LogP) is 7.24. The molecule has 0 amide bonds. The smallest absolute Gasteiger partial charge is 0.0577 e. The first kappa shape index (κ1) is 20.6. The molecule has 1 nitrogen and oxygen atoms in total. The highest BCUT2D eigenvalue weighted by molar-refractivity contribution is 5.25. The molecular formula is C28H46O. The molecule has 10 atom stereocenters. The molecule has 0 aromatic heterocycles. The molecule has 0 aromatic rings. The van der Waals surface area contributed by atoms with Crippen LogP contribution in [0.3, 0.4) is 0 Å². The summed E-state index contributed by atoms with van der Waals surface area (Å²) in [7, 11) is 0. The van der Waals surface area contributed by atoms with Crippen LogP contribution in [-0.2, 0) is 0 Å². The summed E-state index contributed by atoms with van der Waals surface area (Å²) in [5.74, 6) is 7.62. The van der Waals surface area contributed by atoms with Gasteiger partial charge in [0.05, 0.1) is 6.10 Å². The first-order chi connectivity index (χ1) is 13.7. The Hall–Kier alpha value is -0.300. The lowest BCUT2D eigenvalue weighted by molar-refractivity contribution is -0.0584. The standard InChI is InChI=1S/C28H46O/c1-17(2)14-19-15-23(19)18(3)24-8-9-25-22-7-6-20-16-21(29)10-12-27(20,4)26(22)11-13-28(24,25)5/h6,17-19,21-26,29H,7-16H2,1-5H3/t18-,19?,21+,22+,23+,24-,25+,26+,27+,28-/m1/s1. The van der Waals surface area contributed by atoms with Gasteiger partial charge in [0.25, 0.3) is 0 Å². The first-order valence-corrected chi connectivity index (χ1v) is 13.1. The molecule has 4 fully saturated rings. The molecule has 0 aliphatic heterocycles. The van der Waals surface area contributed by atoms with E-state index in [1.54, 1.807) is 5.57 Å². The van der Waals surface area contributed by atoms with Crippen LogP contribution in [0.1, 0.15) is 98.8 Å². The van der Waals surface area contributed by atoms with Crippen molar-refractivity contribution in [3.05, 3.63) is 11.6 Å². The van der Waals surface area contributed by atoms with E-state index in [9.17, 15) is 5.11 Å². The Morgan fingerprint density at radius 1 is 1.03 bits per heavy atom. The van der Waals surface area contributed by atoms with Gasteiger partial charge in [0.15, 0.2) is 0 Å². The van der Waals surface area contributed by atoms with Gasteiger partial charge in [-0.3, -0.25) is 0 Å². The molecule has 0 radical (unpaired) electrons. The minimum absolute atomic E-state index is 0.0752. The topological polar surface area (TPSA) is 20.2 Å². The van der Waals surface area contributed by atoms with E-state index in [0.29, 0.717) is 10.8 Å². The number of allylic oxidation sites excluding steroid dienone is 1. The van der Waals surface area contributed by atoms with Crippen LogP contribution in [-0.4, -0.2) is 11.2 Å². The van der Waals surface area contributed by atoms with E-state index in [0.717, 1.165) is 60.2 Å². The molecule has 1 N–H and O–H groups in total. The van der Waals surface area contributed by atoms with Crippen molar-refractivity contribution in [2.24, 2.45) is 58.2 Å². The summed E-state index contributed by atoms with van der Waals surface area (Å²) < 4.78 is 0. The van der Waals surface area contributed by atoms with Crippen molar-refractivity contribution in [3.8, 4) is 0 Å². The first-order valence-electron chi connectivity index (χ1n) is 13.1. The predicted molar refractivity (Wildman–Crippen MR) is 121 cm³/mol. The third-order valence-corrected chi connectivity index (χ3v) is 11.2. The van der Waals surface area contributed by atoms with Crippen molar-refractivity contribution in [1.82, 2.24) is 0 Å². The highest BCUT2D eigenvalue weighted by atomic mass is 16.3. The fraction of sp³-hybridized carbons (Fsp3) is 0.929. The van der Waals surface area contributed by atoms with Crippen molar-refractivity contribution in [2.45, 2.75) is 105 Å². The third-order valence-electron chi connectivity index (χ3n) is 11.2. The summed E-state index contributed by atoms with van der Waals surface area (Å²) >= 11 is 0. The zero-order valence-electron chi connectivity index (χ0n) is 19.8. The van der Waals surface area contributed by atoms with E-state index < -0.39 is 0 Å². The second-order valence-corrected chi connectivity index (χ2v) is 13.0. The van der Waals surface area contributed by atoms with Crippen LogP contribution in [0.15, 0.2) is 11.6 Å². The summed E-state index contributed by atoms with van der Waals surface area (Å²) in [6.45, 7) is 12.7. The van der Waals surface area contributed by atoms with Gasteiger partial charge in [-0.1, -0.05) is 46.3 Å². The summed E-state index contributed by atoms with van der Waals surface area (Å²) in [4.78, 5) is 0. The second-order valence-electron chi connectivity index (χ2n) is 13.0. The number of hydrogen-bond acceptors (Lipinski definition) is 1. The van der Waals surface area contributed by atoms with E-state index in [-0.39, 0.29) is 6.10 Å². The average molecular weight is 399 g/mol. The maximum Gasteiger partial charge on any atom is 0.0577 e. The molecule has 1 unspecified atom stereocenters. The molecule has 29 heavy (non-hydrogen) atoms. The Morgan fingerprint density at radius 2 is 1.83 bits per heavy atom. The van der Waals surface area contributed by atoms with Crippen molar-refractivity contribution >= 4 is 0 Å². The molecule has 1 heteroatoms. The van der Waals surface area contributed by atoms with Crippen LogP contribution >= 0.6 is 0 Å². The summed E-state index contributed by atoms with van der Waals surface area (Å²) in [5, 5.41) is 10.2. The zero-order chi connectivity index (χ0) is 20.6. The largest absolute Gasteiger partial charge is 0.393 e. The van der Waals surface area contributed by atoms with Crippen molar-refractivity contribution < 1.29 is 5.11 Å². The Bertz CT molecular complexity index is 663. The maximum atomic E-state index is 10.2. The Morgan fingerprint density at radius 3 is 2.59 bits per heavy atom. The summed E-state index contributed by atoms with van der Waals surface area (Å²) in [6, 6.07) is 0. The van der Waals surface area contributed by atoms with Gasteiger partial charge < -0.3 is 5.11 Å². The molecule has 0 heterocycles. The third kappa shape index (κ3) is 3.19. The van der Waals surface area contributed by atoms with Gasteiger partial charge in [-0.05, 0) is 122 Å². The molecule has 0 bridgehead atoms. The molecule has 164 valence electrons. The van der Waals surface area contributed by atoms with Gasteiger partial charge in [-0.15, -0.1) is 0 Å². The number of aliphatic hydroxyl groups excluding tert-OH is 1. The minimum atomic E-state index is -0.0752. The summed E-state index contributed by atoms with van der Waals surface area (Å²) in [6.07, 6.45) is 16.0. The van der Waals surface area contributed by atoms with E-state index in [4.69, 9.17) is 0 Å².